The van der Waals surface area contributed by atoms with E-state index < -0.39 is 0 Å². The van der Waals surface area contributed by atoms with Gasteiger partial charge in [-0.15, -0.1) is 0 Å². The number of nitrogens with zero attached hydrogens (tertiary/aromatic N) is 2. The van der Waals surface area contributed by atoms with Crippen LogP contribution in [-0.2, 0) is 0 Å². The summed E-state index contributed by atoms with van der Waals surface area (Å²) in [6.07, 6.45) is 4.60. The Bertz CT molecular complexity index is 534. The number of ether oxygens (including phenoxy) is 1. The zero-order valence-electron chi connectivity index (χ0n) is 10.4. The molecule has 1 atom stereocenters. The smallest absolute Gasteiger partial charge is 0.159 e. The van der Waals surface area contributed by atoms with E-state index in [1.165, 1.54) is 0 Å². The maximum absolute atomic E-state index is 9.24. The Morgan fingerprint density at radius 3 is 2.53 bits per heavy atom. The number of phenols is 1. The lowest BCUT2D eigenvalue weighted by molar-refractivity contribution is 0.221. The number of nitrogens with one attached hydrogen (secondary N) is 1. The molecule has 0 radical (unpaired) electrons. The van der Waals surface area contributed by atoms with Crippen LogP contribution in [0.1, 0.15) is 6.42 Å². The van der Waals surface area contributed by atoms with Crippen molar-refractivity contribution in [1.29, 1.82) is 0 Å². The van der Waals surface area contributed by atoms with E-state index in [0.29, 0.717) is 11.6 Å². The van der Waals surface area contributed by atoms with E-state index in [2.05, 4.69) is 15.3 Å². The Hall–Kier alpha value is -2.14. The van der Waals surface area contributed by atoms with Gasteiger partial charge < -0.3 is 15.2 Å². The summed E-state index contributed by atoms with van der Waals surface area (Å²) in [5.74, 6) is 1.55. The Kier molecular flexibility index (Phi) is 3.29. The molecule has 0 aliphatic carbocycles. The van der Waals surface area contributed by atoms with Crippen molar-refractivity contribution in [3.05, 3.63) is 36.7 Å². The van der Waals surface area contributed by atoms with E-state index >= 15 is 0 Å². The summed E-state index contributed by atoms with van der Waals surface area (Å²) in [4.78, 5) is 8.57. The molecule has 1 aromatic heterocycles. The van der Waals surface area contributed by atoms with Crippen LogP contribution in [0.2, 0.25) is 0 Å². The summed E-state index contributed by atoms with van der Waals surface area (Å²) in [7, 11) is 0. The van der Waals surface area contributed by atoms with Gasteiger partial charge in [0.05, 0.1) is 12.4 Å². The molecule has 0 amide bonds. The third kappa shape index (κ3) is 2.82. The van der Waals surface area contributed by atoms with Gasteiger partial charge in [-0.3, -0.25) is 0 Å². The van der Waals surface area contributed by atoms with Crippen molar-refractivity contribution >= 4 is 0 Å². The lowest BCUT2D eigenvalue weighted by Crippen LogP contribution is -2.19. The first kappa shape index (κ1) is 11.9. The molecule has 5 nitrogen and oxygen atoms in total. The quantitative estimate of drug-likeness (QED) is 0.874. The molecule has 1 aromatic carbocycles. The molecule has 1 saturated heterocycles. The molecular formula is C14H15N3O2. The van der Waals surface area contributed by atoms with Crippen molar-refractivity contribution in [3.63, 3.8) is 0 Å². The first-order valence-corrected chi connectivity index (χ1v) is 6.30. The fourth-order valence-corrected chi connectivity index (χ4v) is 2.06. The van der Waals surface area contributed by atoms with E-state index in [1.54, 1.807) is 36.7 Å². The van der Waals surface area contributed by atoms with Crippen LogP contribution in [0.15, 0.2) is 36.7 Å². The van der Waals surface area contributed by atoms with E-state index in [1.807, 2.05) is 0 Å². The van der Waals surface area contributed by atoms with Gasteiger partial charge in [0.15, 0.2) is 11.6 Å². The highest BCUT2D eigenvalue weighted by atomic mass is 16.5. The van der Waals surface area contributed by atoms with Crippen LogP contribution in [0.3, 0.4) is 0 Å². The molecule has 98 valence electrons. The average molecular weight is 257 g/mol. The number of rotatable bonds is 3. The van der Waals surface area contributed by atoms with Gasteiger partial charge in [0.2, 0.25) is 0 Å². The van der Waals surface area contributed by atoms with Gasteiger partial charge in [0.1, 0.15) is 11.9 Å². The molecule has 0 bridgehead atoms. The first-order chi connectivity index (χ1) is 9.31. The molecule has 2 aromatic rings. The first-order valence-electron chi connectivity index (χ1n) is 6.30. The number of aromatic hydroxyl groups is 1. The van der Waals surface area contributed by atoms with Crippen molar-refractivity contribution in [2.24, 2.45) is 0 Å². The maximum atomic E-state index is 9.24. The molecule has 1 unspecified atom stereocenters. The standard InChI is InChI=1S/C14H15N3O2/c18-11-3-1-10(2-4-11)14-16-8-13(9-17-14)19-12-5-6-15-7-12/h1-4,8-9,12,15,18H,5-7H2. The lowest BCUT2D eigenvalue weighted by atomic mass is 10.2. The SMILES string of the molecule is Oc1ccc(-c2ncc(OC3CCNC3)cn2)cc1. The van der Waals surface area contributed by atoms with Gasteiger partial charge in [0, 0.05) is 12.1 Å². The summed E-state index contributed by atoms with van der Waals surface area (Å²) in [5, 5.41) is 12.5. The molecule has 3 rings (SSSR count). The number of benzene rings is 1. The van der Waals surface area contributed by atoms with Gasteiger partial charge in [-0.05, 0) is 37.2 Å². The summed E-state index contributed by atoms with van der Waals surface area (Å²) in [6, 6.07) is 6.80. The third-order valence-corrected chi connectivity index (χ3v) is 3.07. The number of aromatic nitrogens is 2. The Labute approximate surface area is 111 Å². The zero-order valence-corrected chi connectivity index (χ0v) is 10.4. The van der Waals surface area contributed by atoms with Crippen molar-refractivity contribution in [3.8, 4) is 22.9 Å². The van der Waals surface area contributed by atoms with Gasteiger partial charge in [-0.2, -0.15) is 0 Å². The second-order valence-corrected chi connectivity index (χ2v) is 4.52. The van der Waals surface area contributed by atoms with Crippen LogP contribution in [0.25, 0.3) is 11.4 Å². The third-order valence-electron chi connectivity index (χ3n) is 3.07. The highest BCUT2D eigenvalue weighted by molar-refractivity contribution is 5.55. The Morgan fingerprint density at radius 1 is 1.16 bits per heavy atom. The fourth-order valence-electron chi connectivity index (χ4n) is 2.06. The molecule has 1 fully saturated rings. The molecule has 2 heterocycles. The van der Waals surface area contributed by atoms with Crippen LogP contribution in [0.5, 0.6) is 11.5 Å². The van der Waals surface area contributed by atoms with Crippen molar-refractivity contribution in [1.82, 2.24) is 15.3 Å². The summed E-state index contributed by atoms with van der Waals surface area (Å²) < 4.78 is 5.76. The number of hydrogen-bond donors (Lipinski definition) is 2. The zero-order chi connectivity index (χ0) is 13.1. The molecule has 1 aliphatic rings. The van der Waals surface area contributed by atoms with Crippen molar-refractivity contribution in [2.75, 3.05) is 13.1 Å². The van der Waals surface area contributed by atoms with Gasteiger partial charge in [-0.1, -0.05) is 0 Å². The molecule has 0 spiro atoms. The normalized spacial score (nSPS) is 18.4. The second-order valence-electron chi connectivity index (χ2n) is 4.52. The largest absolute Gasteiger partial charge is 0.508 e. The lowest BCUT2D eigenvalue weighted by Gasteiger charge is -2.11. The Balaban J connectivity index is 1.72. The Morgan fingerprint density at radius 2 is 1.89 bits per heavy atom. The van der Waals surface area contributed by atoms with Gasteiger partial charge in [0.25, 0.3) is 0 Å². The maximum Gasteiger partial charge on any atom is 0.159 e. The topological polar surface area (TPSA) is 67.3 Å². The van der Waals surface area contributed by atoms with E-state index in [4.69, 9.17) is 4.74 Å². The summed E-state index contributed by atoms with van der Waals surface area (Å²) >= 11 is 0. The van der Waals surface area contributed by atoms with Crippen LogP contribution >= 0.6 is 0 Å². The van der Waals surface area contributed by atoms with Gasteiger partial charge in [-0.25, -0.2) is 9.97 Å². The minimum absolute atomic E-state index is 0.211. The fraction of sp³-hybridized carbons (Fsp3) is 0.286. The van der Waals surface area contributed by atoms with Crippen LogP contribution in [0.4, 0.5) is 0 Å². The van der Waals surface area contributed by atoms with Crippen LogP contribution < -0.4 is 10.1 Å². The summed E-state index contributed by atoms with van der Waals surface area (Å²) in [6.45, 7) is 1.87. The average Bonchev–Trinajstić information content (AvgIpc) is 2.94. The molecule has 0 saturated carbocycles. The van der Waals surface area contributed by atoms with Crippen molar-refractivity contribution in [2.45, 2.75) is 12.5 Å². The summed E-state index contributed by atoms with van der Waals surface area (Å²) in [5.41, 5.74) is 0.867. The van der Waals surface area contributed by atoms with E-state index in [9.17, 15) is 5.11 Å². The molecular weight excluding hydrogens is 242 g/mol. The molecule has 19 heavy (non-hydrogen) atoms. The predicted octanol–water partition coefficient (Wildman–Crippen LogP) is 1.59. The molecule has 1 aliphatic heterocycles. The number of phenolic OH excluding ortho intramolecular Hbond substituents is 1. The molecule has 2 N–H and O–H groups in total. The highest BCUT2D eigenvalue weighted by Gasteiger charge is 2.16. The van der Waals surface area contributed by atoms with Crippen molar-refractivity contribution < 1.29 is 9.84 Å². The predicted molar refractivity (Wildman–Crippen MR) is 71.0 cm³/mol. The highest BCUT2D eigenvalue weighted by Crippen LogP contribution is 2.20. The van der Waals surface area contributed by atoms with Crippen LogP contribution in [0, 0.1) is 0 Å². The van der Waals surface area contributed by atoms with Crippen LogP contribution in [-0.4, -0.2) is 34.3 Å². The van der Waals surface area contributed by atoms with Gasteiger partial charge >= 0.3 is 0 Å². The minimum atomic E-state index is 0.211. The van der Waals surface area contributed by atoms with E-state index in [-0.39, 0.29) is 11.9 Å². The minimum Gasteiger partial charge on any atom is -0.508 e. The second kappa shape index (κ2) is 5.24. The monoisotopic (exact) mass is 257 g/mol. The molecule has 5 heteroatoms. The number of hydrogen-bond acceptors (Lipinski definition) is 5. The van der Waals surface area contributed by atoms with E-state index in [0.717, 1.165) is 25.1 Å².